The molecule has 5 nitrogen and oxygen atoms in total. The molecule has 1 aliphatic heterocycles. The summed E-state index contributed by atoms with van der Waals surface area (Å²) in [6, 6.07) is 13.4. The number of anilines is 2. The van der Waals surface area contributed by atoms with E-state index in [4.69, 9.17) is 4.74 Å². The zero-order valence-corrected chi connectivity index (χ0v) is 15.3. The van der Waals surface area contributed by atoms with Gasteiger partial charge in [-0.05, 0) is 37.3 Å². The summed E-state index contributed by atoms with van der Waals surface area (Å²) in [7, 11) is 0. The molecule has 2 aromatic rings. The highest BCUT2D eigenvalue weighted by Crippen LogP contribution is 2.33. The molecule has 27 heavy (non-hydrogen) atoms. The molecule has 0 saturated heterocycles. The third-order valence-electron chi connectivity index (χ3n) is 3.98. The number of carbonyl (C=O) groups is 2. The molecule has 0 spiro atoms. The fourth-order valence-corrected chi connectivity index (χ4v) is 3.33. The zero-order valence-electron chi connectivity index (χ0n) is 14.5. The Morgan fingerprint density at radius 1 is 1.26 bits per heavy atom. The molecule has 1 N–H and O–H groups in total. The maximum atomic E-state index is 12.5. The Bertz CT molecular complexity index is 847. The largest absolute Gasteiger partial charge is 0.479 e. The van der Waals surface area contributed by atoms with Crippen molar-refractivity contribution in [2.75, 3.05) is 16.8 Å². The van der Waals surface area contributed by atoms with Gasteiger partial charge in [0.25, 0.3) is 11.7 Å². The Labute approximate surface area is 159 Å². The van der Waals surface area contributed by atoms with E-state index in [0.29, 0.717) is 33.8 Å². The third kappa shape index (κ3) is 4.77. The number of alkyl halides is 2. The minimum absolute atomic E-state index is 0.0685. The van der Waals surface area contributed by atoms with Gasteiger partial charge >= 0.3 is 0 Å². The number of ether oxygens (including phenoxy) is 1. The van der Waals surface area contributed by atoms with Crippen molar-refractivity contribution in [1.29, 1.82) is 0 Å². The molecule has 2 amide bonds. The van der Waals surface area contributed by atoms with Crippen molar-refractivity contribution in [2.45, 2.75) is 30.1 Å². The van der Waals surface area contributed by atoms with Crippen LogP contribution in [0.2, 0.25) is 0 Å². The highest BCUT2D eigenvalue weighted by Gasteiger charge is 2.31. The van der Waals surface area contributed by atoms with E-state index >= 15 is 0 Å². The first-order chi connectivity index (χ1) is 12.9. The van der Waals surface area contributed by atoms with Crippen molar-refractivity contribution in [1.82, 2.24) is 0 Å². The molecule has 1 heterocycles. The maximum absolute atomic E-state index is 12.5. The predicted octanol–water partition coefficient (Wildman–Crippen LogP) is 4.14. The van der Waals surface area contributed by atoms with Crippen LogP contribution in [0, 0.1) is 0 Å². The number of thioether (sulfide) groups is 1. The van der Waals surface area contributed by atoms with Crippen molar-refractivity contribution < 1.29 is 23.1 Å². The van der Waals surface area contributed by atoms with E-state index in [1.165, 1.54) is 11.0 Å². The molecule has 1 aliphatic rings. The van der Waals surface area contributed by atoms with Crippen LogP contribution in [-0.2, 0) is 9.59 Å². The van der Waals surface area contributed by atoms with Crippen LogP contribution in [-0.4, -0.2) is 30.2 Å². The lowest BCUT2D eigenvalue weighted by atomic mass is 10.1. The second-order valence-electron chi connectivity index (χ2n) is 5.92. The highest BCUT2D eigenvalue weighted by molar-refractivity contribution is 7.99. The number of fused-ring (bicyclic) bond motifs is 1. The standard InChI is InChI=1S/C19H18F2N2O3S/c1-12-18(25)23(15-7-2-3-8-16(15)26-12)10-9-17(24)22-13-5-4-6-14(11-13)27-19(20)21/h2-8,11-12,19H,9-10H2,1H3,(H,22,24). The van der Waals surface area contributed by atoms with Crippen LogP contribution in [0.3, 0.4) is 0 Å². The molecule has 0 saturated carbocycles. The minimum atomic E-state index is -2.52. The molecule has 1 atom stereocenters. The Kier molecular flexibility index (Phi) is 5.95. The van der Waals surface area contributed by atoms with E-state index in [-0.39, 0.29) is 24.8 Å². The number of rotatable bonds is 6. The number of amides is 2. The Morgan fingerprint density at radius 3 is 2.81 bits per heavy atom. The first kappa shape index (κ1) is 19.2. The lowest BCUT2D eigenvalue weighted by molar-refractivity contribution is -0.125. The van der Waals surface area contributed by atoms with Gasteiger partial charge in [-0.3, -0.25) is 9.59 Å². The molecule has 8 heteroatoms. The summed E-state index contributed by atoms with van der Waals surface area (Å²) in [6.07, 6.45) is -0.551. The van der Waals surface area contributed by atoms with Crippen molar-refractivity contribution in [3.63, 3.8) is 0 Å². The second kappa shape index (κ2) is 8.39. The second-order valence-corrected chi connectivity index (χ2v) is 6.99. The quantitative estimate of drug-likeness (QED) is 0.751. The molecule has 0 bridgehead atoms. The molecular formula is C19H18F2N2O3S. The Morgan fingerprint density at radius 2 is 2.04 bits per heavy atom. The van der Waals surface area contributed by atoms with Crippen LogP contribution in [0.25, 0.3) is 0 Å². The molecule has 3 rings (SSSR count). The topological polar surface area (TPSA) is 58.6 Å². The van der Waals surface area contributed by atoms with E-state index in [1.54, 1.807) is 43.3 Å². The molecule has 1 unspecified atom stereocenters. The summed E-state index contributed by atoms with van der Waals surface area (Å²) in [6.45, 7) is 1.86. The number of nitrogens with one attached hydrogen (secondary N) is 1. The average molecular weight is 392 g/mol. The third-order valence-corrected chi connectivity index (χ3v) is 4.68. The van der Waals surface area contributed by atoms with E-state index < -0.39 is 11.9 Å². The lowest BCUT2D eigenvalue weighted by Crippen LogP contribution is -2.45. The fourth-order valence-electron chi connectivity index (χ4n) is 2.78. The normalized spacial score (nSPS) is 16.1. The molecule has 2 aromatic carbocycles. The fraction of sp³-hybridized carbons (Fsp3) is 0.263. The molecule has 0 fully saturated rings. The van der Waals surface area contributed by atoms with E-state index in [0.717, 1.165) is 0 Å². The Balaban J connectivity index is 1.63. The van der Waals surface area contributed by atoms with Crippen LogP contribution in [0.15, 0.2) is 53.4 Å². The van der Waals surface area contributed by atoms with Gasteiger partial charge in [-0.2, -0.15) is 8.78 Å². The van der Waals surface area contributed by atoms with Crippen molar-refractivity contribution >= 4 is 35.0 Å². The SMILES string of the molecule is CC1Oc2ccccc2N(CCC(=O)Nc2cccc(SC(F)F)c2)C1=O. The number of hydrogen-bond donors (Lipinski definition) is 1. The van der Waals surface area contributed by atoms with Gasteiger partial charge in [-0.25, -0.2) is 0 Å². The average Bonchev–Trinajstić information content (AvgIpc) is 2.62. The molecule has 0 aromatic heterocycles. The van der Waals surface area contributed by atoms with Crippen molar-refractivity contribution in [3.8, 4) is 5.75 Å². The van der Waals surface area contributed by atoms with Crippen LogP contribution in [0.4, 0.5) is 20.2 Å². The first-order valence-corrected chi connectivity index (χ1v) is 9.24. The summed E-state index contributed by atoms with van der Waals surface area (Å²) in [5, 5.41) is 2.68. The highest BCUT2D eigenvalue weighted by atomic mass is 32.2. The number of halogens is 2. The van der Waals surface area contributed by atoms with Crippen LogP contribution >= 0.6 is 11.8 Å². The summed E-state index contributed by atoms with van der Waals surface area (Å²) in [4.78, 5) is 26.6. The number of hydrogen-bond acceptors (Lipinski definition) is 4. The van der Waals surface area contributed by atoms with Gasteiger partial charge in [-0.1, -0.05) is 30.0 Å². The monoisotopic (exact) mass is 392 g/mol. The van der Waals surface area contributed by atoms with Crippen LogP contribution in [0.5, 0.6) is 5.75 Å². The maximum Gasteiger partial charge on any atom is 0.288 e. The smallest absolute Gasteiger partial charge is 0.288 e. The van der Waals surface area contributed by atoms with Gasteiger partial charge in [0.05, 0.1) is 5.69 Å². The van der Waals surface area contributed by atoms with Gasteiger partial charge in [0.1, 0.15) is 5.75 Å². The van der Waals surface area contributed by atoms with Gasteiger partial charge in [0.2, 0.25) is 5.91 Å². The number of carbonyl (C=O) groups excluding carboxylic acids is 2. The molecule has 0 aliphatic carbocycles. The van der Waals surface area contributed by atoms with Gasteiger partial charge in [0.15, 0.2) is 6.10 Å². The summed E-state index contributed by atoms with van der Waals surface area (Å²) in [5.74, 6) is -2.44. The summed E-state index contributed by atoms with van der Waals surface area (Å²) >= 11 is 0.417. The predicted molar refractivity (Wildman–Crippen MR) is 100 cm³/mol. The van der Waals surface area contributed by atoms with E-state index in [2.05, 4.69) is 5.32 Å². The van der Waals surface area contributed by atoms with Gasteiger partial charge in [-0.15, -0.1) is 0 Å². The first-order valence-electron chi connectivity index (χ1n) is 8.36. The molecule has 142 valence electrons. The minimum Gasteiger partial charge on any atom is -0.479 e. The molecular weight excluding hydrogens is 374 g/mol. The van der Waals surface area contributed by atoms with Gasteiger partial charge in [0, 0.05) is 23.5 Å². The van der Waals surface area contributed by atoms with Crippen LogP contribution < -0.4 is 15.0 Å². The lowest BCUT2D eigenvalue weighted by Gasteiger charge is -2.32. The summed E-state index contributed by atoms with van der Waals surface area (Å²) < 4.78 is 30.5. The number of nitrogens with zero attached hydrogens (tertiary/aromatic N) is 1. The van der Waals surface area contributed by atoms with Crippen molar-refractivity contribution in [3.05, 3.63) is 48.5 Å². The zero-order chi connectivity index (χ0) is 19.4. The Hall–Kier alpha value is -2.61. The van der Waals surface area contributed by atoms with Gasteiger partial charge < -0.3 is 15.0 Å². The summed E-state index contributed by atoms with van der Waals surface area (Å²) in [5.41, 5.74) is 1.07. The van der Waals surface area contributed by atoms with E-state index in [1.807, 2.05) is 6.07 Å². The van der Waals surface area contributed by atoms with Crippen molar-refractivity contribution in [2.24, 2.45) is 0 Å². The number of benzene rings is 2. The van der Waals surface area contributed by atoms with Crippen LogP contribution in [0.1, 0.15) is 13.3 Å². The molecule has 0 radical (unpaired) electrons. The number of para-hydroxylation sites is 2. The van der Waals surface area contributed by atoms with E-state index in [9.17, 15) is 18.4 Å².